The standard InChI is InChI=1S/C14H20N2O3/c1-4-9-16(3)12-7-5-11(6-8-12)13(17)15-10(2)14(18)19/h5-8,10H,4,9H2,1-3H3,(H,15,17)(H,18,19)/t10-/m1/s1. The first-order valence-electron chi connectivity index (χ1n) is 6.30. The molecule has 0 aromatic heterocycles. The van der Waals surface area contributed by atoms with Gasteiger partial charge in [-0.05, 0) is 37.6 Å². The number of hydrogen-bond acceptors (Lipinski definition) is 3. The van der Waals surface area contributed by atoms with Crippen LogP contribution in [0.3, 0.4) is 0 Å². The minimum Gasteiger partial charge on any atom is -0.480 e. The van der Waals surface area contributed by atoms with E-state index in [2.05, 4.69) is 17.1 Å². The maximum absolute atomic E-state index is 11.8. The van der Waals surface area contributed by atoms with Crippen LogP contribution in [0.1, 0.15) is 30.6 Å². The van der Waals surface area contributed by atoms with E-state index in [9.17, 15) is 9.59 Å². The molecule has 104 valence electrons. The summed E-state index contributed by atoms with van der Waals surface area (Å²) in [7, 11) is 1.99. The summed E-state index contributed by atoms with van der Waals surface area (Å²) in [6.07, 6.45) is 1.05. The lowest BCUT2D eigenvalue weighted by atomic mass is 10.1. The zero-order valence-electron chi connectivity index (χ0n) is 11.5. The minimum atomic E-state index is -1.05. The fourth-order valence-corrected chi connectivity index (χ4v) is 1.67. The lowest BCUT2D eigenvalue weighted by Gasteiger charge is -2.18. The van der Waals surface area contributed by atoms with Crippen molar-refractivity contribution in [2.24, 2.45) is 0 Å². The maximum atomic E-state index is 11.8. The van der Waals surface area contributed by atoms with Crippen LogP contribution in [0.4, 0.5) is 5.69 Å². The average molecular weight is 264 g/mol. The Morgan fingerprint density at radius 2 is 1.89 bits per heavy atom. The van der Waals surface area contributed by atoms with Crippen LogP contribution in [-0.2, 0) is 4.79 Å². The summed E-state index contributed by atoms with van der Waals surface area (Å²) in [6, 6.07) is 6.22. The summed E-state index contributed by atoms with van der Waals surface area (Å²) in [5.74, 6) is -1.42. The summed E-state index contributed by atoms with van der Waals surface area (Å²) in [5.41, 5.74) is 1.49. The van der Waals surface area contributed by atoms with Crippen molar-refractivity contribution in [3.63, 3.8) is 0 Å². The molecule has 0 unspecified atom stereocenters. The minimum absolute atomic E-state index is 0.375. The van der Waals surface area contributed by atoms with Crippen molar-refractivity contribution in [2.75, 3.05) is 18.5 Å². The van der Waals surface area contributed by atoms with Crippen molar-refractivity contribution in [1.29, 1.82) is 0 Å². The molecule has 0 saturated heterocycles. The van der Waals surface area contributed by atoms with Gasteiger partial charge in [-0.15, -0.1) is 0 Å². The Bertz CT molecular complexity index is 443. The molecule has 2 N–H and O–H groups in total. The number of nitrogens with one attached hydrogen (secondary N) is 1. The summed E-state index contributed by atoms with van der Waals surface area (Å²) in [4.78, 5) is 24.5. The third-order valence-electron chi connectivity index (χ3n) is 2.85. The summed E-state index contributed by atoms with van der Waals surface area (Å²) >= 11 is 0. The lowest BCUT2D eigenvalue weighted by molar-refractivity contribution is -0.138. The smallest absolute Gasteiger partial charge is 0.325 e. The summed E-state index contributed by atoms with van der Waals surface area (Å²) in [5, 5.41) is 11.1. The van der Waals surface area contributed by atoms with E-state index in [1.165, 1.54) is 6.92 Å². The molecule has 0 aliphatic heterocycles. The van der Waals surface area contributed by atoms with Gasteiger partial charge in [0, 0.05) is 24.8 Å². The number of amides is 1. The second kappa shape index (κ2) is 6.78. The van der Waals surface area contributed by atoms with Gasteiger partial charge in [0.2, 0.25) is 0 Å². The van der Waals surface area contributed by atoms with Gasteiger partial charge in [-0.25, -0.2) is 0 Å². The molecule has 5 heteroatoms. The first-order valence-corrected chi connectivity index (χ1v) is 6.30. The molecular weight excluding hydrogens is 244 g/mol. The molecular formula is C14H20N2O3. The van der Waals surface area contributed by atoms with E-state index < -0.39 is 12.0 Å². The van der Waals surface area contributed by atoms with Gasteiger partial charge in [-0.1, -0.05) is 6.92 Å². The molecule has 0 fully saturated rings. The van der Waals surface area contributed by atoms with Crippen molar-refractivity contribution in [2.45, 2.75) is 26.3 Å². The number of anilines is 1. The fraction of sp³-hybridized carbons (Fsp3) is 0.429. The molecule has 0 saturated carbocycles. The molecule has 0 bridgehead atoms. The number of rotatable bonds is 6. The monoisotopic (exact) mass is 264 g/mol. The first-order chi connectivity index (χ1) is 8.95. The quantitative estimate of drug-likeness (QED) is 0.821. The van der Waals surface area contributed by atoms with Gasteiger partial charge in [0.25, 0.3) is 5.91 Å². The molecule has 0 spiro atoms. The van der Waals surface area contributed by atoms with Gasteiger partial charge in [0.1, 0.15) is 6.04 Å². The third-order valence-corrected chi connectivity index (χ3v) is 2.85. The molecule has 1 amide bonds. The molecule has 1 rings (SSSR count). The molecule has 0 aliphatic rings. The van der Waals surface area contributed by atoms with Crippen LogP contribution in [0, 0.1) is 0 Å². The molecule has 19 heavy (non-hydrogen) atoms. The zero-order valence-corrected chi connectivity index (χ0v) is 11.5. The number of carboxylic acids is 1. The lowest BCUT2D eigenvalue weighted by Crippen LogP contribution is -2.38. The molecule has 0 aliphatic carbocycles. The summed E-state index contributed by atoms with van der Waals surface area (Å²) in [6.45, 7) is 4.48. The Balaban J connectivity index is 2.70. The van der Waals surface area contributed by atoms with E-state index in [-0.39, 0.29) is 5.91 Å². The molecule has 0 radical (unpaired) electrons. The van der Waals surface area contributed by atoms with E-state index in [0.29, 0.717) is 5.56 Å². The predicted molar refractivity (Wildman–Crippen MR) is 74.6 cm³/mol. The van der Waals surface area contributed by atoms with Crippen molar-refractivity contribution in [1.82, 2.24) is 5.32 Å². The zero-order chi connectivity index (χ0) is 14.4. The third kappa shape index (κ3) is 4.28. The van der Waals surface area contributed by atoms with Gasteiger partial charge < -0.3 is 15.3 Å². The number of carbonyl (C=O) groups excluding carboxylic acids is 1. The highest BCUT2D eigenvalue weighted by Crippen LogP contribution is 2.14. The van der Waals surface area contributed by atoms with E-state index >= 15 is 0 Å². The van der Waals surface area contributed by atoms with Gasteiger partial charge in [0.05, 0.1) is 0 Å². The van der Waals surface area contributed by atoms with Crippen LogP contribution in [0.15, 0.2) is 24.3 Å². The number of benzene rings is 1. The number of nitrogens with zero attached hydrogens (tertiary/aromatic N) is 1. The molecule has 0 heterocycles. The molecule has 1 aromatic rings. The first kappa shape index (κ1) is 15.0. The van der Waals surface area contributed by atoms with Gasteiger partial charge in [-0.2, -0.15) is 0 Å². The molecule has 1 atom stereocenters. The van der Waals surface area contributed by atoms with E-state index in [1.54, 1.807) is 12.1 Å². The van der Waals surface area contributed by atoms with Crippen LogP contribution >= 0.6 is 0 Å². The van der Waals surface area contributed by atoms with E-state index in [0.717, 1.165) is 18.7 Å². The molecule has 1 aromatic carbocycles. The van der Waals surface area contributed by atoms with Crippen LogP contribution in [0.25, 0.3) is 0 Å². The Labute approximate surface area is 113 Å². The van der Waals surface area contributed by atoms with Crippen LogP contribution in [0.5, 0.6) is 0 Å². The van der Waals surface area contributed by atoms with Crippen molar-refractivity contribution >= 4 is 17.6 Å². The van der Waals surface area contributed by atoms with Crippen LogP contribution in [0.2, 0.25) is 0 Å². The Kier molecular flexibility index (Phi) is 5.36. The maximum Gasteiger partial charge on any atom is 0.325 e. The SMILES string of the molecule is CCCN(C)c1ccc(C(=O)N[C@H](C)C(=O)O)cc1. The highest BCUT2D eigenvalue weighted by atomic mass is 16.4. The number of carboxylic acid groups (broad SMARTS) is 1. The number of carbonyl (C=O) groups is 2. The number of aliphatic carboxylic acids is 1. The van der Waals surface area contributed by atoms with E-state index in [1.807, 2.05) is 19.2 Å². The van der Waals surface area contributed by atoms with Gasteiger partial charge in [0.15, 0.2) is 0 Å². The van der Waals surface area contributed by atoms with E-state index in [4.69, 9.17) is 5.11 Å². The Morgan fingerprint density at radius 1 is 1.32 bits per heavy atom. The van der Waals surface area contributed by atoms with Crippen molar-refractivity contribution in [3.05, 3.63) is 29.8 Å². The fourth-order valence-electron chi connectivity index (χ4n) is 1.67. The highest BCUT2D eigenvalue weighted by molar-refractivity contribution is 5.96. The second-order valence-electron chi connectivity index (χ2n) is 4.50. The van der Waals surface area contributed by atoms with Gasteiger partial charge in [-0.3, -0.25) is 9.59 Å². The summed E-state index contributed by atoms with van der Waals surface area (Å²) < 4.78 is 0. The number of hydrogen-bond donors (Lipinski definition) is 2. The van der Waals surface area contributed by atoms with Crippen molar-refractivity contribution < 1.29 is 14.7 Å². The second-order valence-corrected chi connectivity index (χ2v) is 4.50. The normalized spacial score (nSPS) is 11.7. The van der Waals surface area contributed by atoms with Crippen LogP contribution < -0.4 is 10.2 Å². The highest BCUT2D eigenvalue weighted by Gasteiger charge is 2.15. The Hall–Kier alpha value is -2.04. The Morgan fingerprint density at radius 3 is 2.37 bits per heavy atom. The predicted octanol–water partition coefficient (Wildman–Crippen LogP) is 1.74. The average Bonchev–Trinajstić information content (AvgIpc) is 2.39. The largest absolute Gasteiger partial charge is 0.480 e. The molecule has 5 nitrogen and oxygen atoms in total. The van der Waals surface area contributed by atoms with Crippen LogP contribution in [-0.4, -0.2) is 36.6 Å². The van der Waals surface area contributed by atoms with Crippen molar-refractivity contribution in [3.8, 4) is 0 Å². The topological polar surface area (TPSA) is 69.6 Å². The van der Waals surface area contributed by atoms with Gasteiger partial charge >= 0.3 is 5.97 Å².